The first-order valence-corrected chi connectivity index (χ1v) is 6.93. The molecule has 4 atom stereocenters. The van der Waals surface area contributed by atoms with Crippen molar-refractivity contribution in [1.29, 1.82) is 0 Å². The number of nitrogens with zero attached hydrogens (tertiary/aromatic N) is 1. The third kappa shape index (κ3) is 1.42. The van der Waals surface area contributed by atoms with E-state index in [9.17, 15) is 9.59 Å². The molecule has 2 amide bonds. The number of benzene rings is 1. The summed E-state index contributed by atoms with van der Waals surface area (Å²) in [5.41, 5.74) is 0.631. The number of imide groups is 1. The molecule has 4 nitrogen and oxygen atoms in total. The van der Waals surface area contributed by atoms with Gasteiger partial charge in [-0.1, -0.05) is 28.1 Å². The van der Waals surface area contributed by atoms with Gasteiger partial charge in [-0.3, -0.25) is 9.59 Å². The van der Waals surface area contributed by atoms with Gasteiger partial charge in [0.25, 0.3) is 0 Å². The Morgan fingerprint density at radius 3 is 2.00 bits per heavy atom. The van der Waals surface area contributed by atoms with E-state index in [1.54, 1.807) is 12.1 Å². The summed E-state index contributed by atoms with van der Waals surface area (Å²) in [6.45, 7) is 0. The van der Waals surface area contributed by atoms with Crippen molar-refractivity contribution in [3.63, 3.8) is 0 Å². The fourth-order valence-corrected chi connectivity index (χ4v) is 3.41. The second kappa shape index (κ2) is 3.77. The summed E-state index contributed by atoms with van der Waals surface area (Å²) >= 11 is 3.34. The number of carbonyl (C=O) groups is 2. The van der Waals surface area contributed by atoms with Crippen LogP contribution in [0.1, 0.15) is 0 Å². The van der Waals surface area contributed by atoms with Crippen LogP contribution in [0.3, 0.4) is 0 Å². The molecule has 0 aliphatic carbocycles. The van der Waals surface area contributed by atoms with E-state index in [0.717, 1.165) is 4.47 Å². The highest BCUT2D eigenvalue weighted by Gasteiger charge is 2.60. The van der Waals surface area contributed by atoms with Crippen LogP contribution in [0.2, 0.25) is 0 Å². The first-order valence-electron chi connectivity index (χ1n) is 6.14. The fourth-order valence-electron chi connectivity index (χ4n) is 3.15. The maximum absolute atomic E-state index is 12.5. The van der Waals surface area contributed by atoms with Gasteiger partial charge in [-0.25, -0.2) is 4.90 Å². The van der Waals surface area contributed by atoms with E-state index in [2.05, 4.69) is 15.9 Å². The quantitative estimate of drug-likeness (QED) is 0.586. The lowest BCUT2D eigenvalue weighted by Gasteiger charge is -2.17. The largest absolute Gasteiger partial charge is 0.365 e. The Labute approximate surface area is 118 Å². The van der Waals surface area contributed by atoms with Crippen LogP contribution in [0.5, 0.6) is 0 Å². The predicted molar refractivity (Wildman–Crippen MR) is 71.4 cm³/mol. The van der Waals surface area contributed by atoms with Gasteiger partial charge in [0.05, 0.1) is 29.7 Å². The average molecular weight is 320 g/mol. The van der Waals surface area contributed by atoms with E-state index in [4.69, 9.17) is 4.74 Å². The molecule has 3 aliphatic heterocycles. The summed E-state index contributed by atoms with van der Waals surface area (Å²) in [5, 5.41) is 0. The standard InChI is InChI=1S/C14H10BrNO3/c15-7-1-3-8(4-2-7)16-13(17)11-9-5-6-10(19-9)12(11)14(16)18/h1-6,9-12H/t9-,10+,11+,12-. The molecule has 19 heavy (non-hydrogen) atoms. The molecule has 2 bridgehead atoms. The molecule has 2 fully saturated rings. The molecular weight excluding hydrogens is 310 g/mol. The molecule has 3 aliphatic rings. The first kappa shape index (κ1) is 11.4. The monoisotopic (exact) mass is 319 g/mol. The highest BCUT2D eigenvalue weighted by atomic mass is 79.9. The Balaban J connectivity index is 1.74. The molecule has 0 N–H and O–H groups in total. The maximum atomic E-state index is 12.5. The second-order valence-electron chi connectivity index (χ2n) is 4.99. The van der Waals surface area contributed by atoms with Crippen molar-refractivity contribution in [2.75, 3.05) is 4.90 Å². The molecule has 0 aromatic heterocycles. The Bertz CT molecular complexity index is 580. The number of anilines is 1. The summed E-state index contributed by atoms with van der Waals surface area (Å²) in [6.07, 6.45) is 3.32. The van der Waals surface area contributed by atoms with Crippen LogP contribution in [0.4, 0.5) is 5.69 Å². The smallest absolute Gasteiger partial charge is 0.240 e. The molecule has 0 saturated carbocycles. The van der Waals surface area contributed by atoms with Crippen LogP contribution in [-0.2, 0) is 14.3 Å². The second-order valence-corrected chi connectivity index (χ2v) is 5.91. The van der Waals surface area contributed by atoms with Gasteiger partial charge in [0, 0.05) is 4.47 Å². The maximum Gasteiger partial charge on any atom is 0.240 e. The van der Waals surface area contributed by atoms with Crippen LogP contribution in [-0.4, -0.2) is 24.0 Å². The van der Waals surface area contributed by atoms with Gasteiger partial charge < -0.3 is 4.74 Å². The molecule has 96 valence electrons. The lowest BCUT2D eigenvalue weighted by atomic mass is 9.85. The lowest BCUT2D eigenvalue weighted by Crippen LogP contribution is -2.34. The SMILES string of the molecule is O=C1[C@@H]2[C@H](C(=O)N1c1ccc(Br)cc1)[C@@H]1C=C[C@H]2O1. The van der Waals surface area contributed by atoms with Crippen LogP contribution in [0.25, 0.3) is 0 Å². The van der Waals surface area contributed by atoms with Crippen molar-refractivity contribution in [3.05, 3.63) is 40.9 Å². The zero-order valence-corrected chi connectivity index (χ0v) is 11.4. The molecule has 1 aromatic rings. The van der Waals surface area contributed by atoms with E-state index in [1.807, 2.05) is 24.3 Å². The minimum absolute atomic E-state index is 0.144. The zero-order valence-electron chi connectivity index (χ0n) is 9.82. The third-order valence-corrected chi connectivity index (χ3v) is 4.52. The van der Waals surface area contributed by atoms with Gasteiger partial charge in [0.2, 0.25) is 11.8 Å². The fraction of sp³-hybridized carbons (Fsp3) is 0.286. The summed E-state index contributed by atoms with van der Waals surface area (Å²) in [5.74, 6) is -0.972. The number of ether oxygens (including phenoxy) is 1. The van der Waals surface area contributed by atoms with E-state index >= 15 is 0 Å². The topological polar surface area (TPSA) is 46.6 Å². The van der Waals surface area contributed by atoms with Crippen molar-refractivity contribution in [3.8, 4) is 0 Å². The summed E-state index contributed by atoms with van der Waals surface area (Å²) in [6, 6.07) is 7.20. The van der Waals surface area contributed by atoms with E-state index in [1.165, 1.54) is 4.90 Å². The van der Waals surface area contributed by atoms with Gasteiger partial charge in [-0.2, -0.15) is 0 Å². The number of fused-ring (bicyclic) bond motifs is 5. The molecular formula is C14H10BrNO3. The number of halogens is 1. The van der Waals surface area contributed by atoms with E-state index in [0.29, 0.717) is 5.69 Å². The predicted octanol–water partition coefficient (Wildman–Crippen LogP) is 1.89. The Kier molecular flexibility index (Phi) is 2.26. The normalized spacial score (nSPS) is 35.3. The molecule has 3 heterocycles. The molecule has 1 aromatic carbocycles. The van der Waals surface area contributed by atoms with Gasteiger partial charge in [0.15, 0.2) is 0 Å². The molecule has 4 rings (SSSR count). The summed E-state index contributed by atoms with van der Waals surface area (Å²) in [7, 11) is 0. The number of carbonyl (C=O) groups excluding carboxylic acids is 2. The van der Waals surface area contributed by atoms with Crippen molar-refractivity contribution >= 4 is 33.4 Å². The lowest BCUT2D eigenvalue weighted by molar-refractivity contribution is -0.124. The van der Waals surface area contributed by atoms with Gasteiger partial charge >= 0.3 is 0 Å². The van der Waals surface area contributed by atoms with Crippen LogP contribution in [0.15, 0.2) is 40.9 Å². The van der Waals surface area contributed by atoms with Gasteiger partial charge in [-0.05, 0) is 24.3 Å². The van der Waals surface area contributed by atoms with Crippen LogP contribution < -0.4 is 4.90 Å². The highest BCUT2D eigenvalue weighted by molar-refractivity contribution is 9.10. The zero-order chi connectivity index (χ0) is 13.1. The number of hydrogen-bond acceptors (Lipinski definition) is 3. The molecule has 0 radical (unpaired) electrons. The van der Waals surface area contributed by atoms with E-state index < -0.39 is 0 Å². The Hall–Kier alpha value is -1.46. The van der Waals surface area contributed by atoms with Gasteiger partial charge in [-0.15, -0.1) is 0 Å². The van der Waals surface area contributed by atoms with Crippen LogP contribution in [0, 0.1) is 11.8 Å². The Morgan fingerprint density at radius 1 is 0.947 bits per heavy atom. The Morgan fingerprint density at radius 2 is 1.47 bits per heavy atom. The van der Waals surface area contributed by atoms with Crippen LogP contribution >= 0.6 is 15.9 Å². The van der Waals surface area contributed by atoms with Crippen molar-refractivity contribution < 1.29 is 14.3 Å². The van der Waals surface area contributed by atoms with Crippen molar-refractivity contribution in [2.45, 2.75) is 12.2 Å². The van der Waals surface area contributed by atoms with Crippen molar-refractivity contribution in [1.82, 2.24) is 0 Å². The average Bonchev–Trinajstić information content (AvgIpc) is 3.06. The number of hydrogen-bond donors (Lipinski definition) is 0. The molecule has 0 spiro atoms. The molecule has 0 unspecified atom stereocenters. The molecule has 5 heteroatoms. The summed E-state index contributed by atoms with van der Waals surface area (Å²) in [4.78, 5) is 26.2. The first-order chi connectivity index (χ1) is 9.16. The minimum atomic E-state index is -0.342. The summed E-state index contributed by atoms with van der Waals surface area (Å²) < 4.78 is 6.51. The third-order valence-electron chi connectivity index (χ3n) is 4.00. The van der Waals surface area contributed by atoms with Crippen molar-refractivity contribution in [2.24, 2.45) is 11.8 Å². The number of amides is 2. The highest BCUT2D eigenvalue weighted by Crippen LogP contribution is 2.46. The van der Waals surface area contributed by atoms with E-state index in [-0.39, 0.29) is 35.9 Å². The molecule has 2 saturated heterocycles. The minimum Gasteiger partial charge on any atom is -0.365 e. The number of rotatable bonds is 1. The van der Waals surface area contributed by atoms with Gasteiger partial charge in [0.1, 0.15) is 0 Å².